The maximum atomic E-state index is 11.7. The van der Waals surface area contributed by atoms with Gasteiger partial charge in [0, 0.05) is 0 Å². The molecule has 7 heteroatoms. The first-order valence-corrected chi connectivity index (χ1v) is 7.98. The van der Waals surface area contributed by atoms with Crippen LogP contribution in [0.15, 0.2) is 48.7 Å². The Labute approximate surface area is 122 Å². The maximum Gasteiger partial charge on any atom is 0.338 e. The Morgan fingerprint density at radius 2 is 1.90 bits per heavy atom. The van der Waals surface area contributed by atoms with E-state index in [-0.39, 0.29) is 6.61 Å². The van der Waals surface area contributed by atoms with Crippen molar-refractivity contribution >= 4 is 21.7 Å². The van der Waals surface area contributed by atoms with Crippen molar-refractivity contribution in [3.05, 3.63) is 59.9 Å². The average Bonchev–Trinajstić information content (AvgIpc) is 2.45. The second-order valence-electron chi connectivity index (χ2n) is 4.35. The van der Waals surface area contributed by atoms with Crippen LogP contribution in [-0.2, 0) is 21.4 Å². The molecule has 1 N–H and O–H groups in total. The number of sulfonamides is 1. The van der Waals surface area contributed by atoms with E-state index in [9.17, 15) is 13.2 Å². The van der Waals surface area contributed by atoms with Crippen LogP contribution in [0.25, 0.3) is 0 Å². The van der Waals surface area contributed by atoms with Gasteiger partial charge in [-0.3, -0.25) is 9.71 Å². The molecule has 1 heterocycles. The number of nitrogens with zero attached hydrogens (tertiary/aromatic N) is 1. The summed E-state index contributed by atoms with van der Waals surface area (Å²) in [4.78, 5) is 15.8. The third-order valence-corrected chi connectivity index (χ3v) is 3.10. The summed E-state index contributed by atoms with van der Waals surface area (Å²) >= 11 is 0. The number of hydrogen-bond acceptors (Lipinski definition) is 5. The van der Waals surface area contributed by atoms with E-state index in [0.717, 1.165) is 6.26 Å². The van der Waals surface area contributed by atoms with E-state index < -0.39 is 16.0 Å². The van der Waals surface area contributed by atoms with Gasteiger partial charge in [-0.1, -0.05) is 18.2 Å². The highest BCUT2D eigenvalue weighted by molar-refractivity contribution is 7.92. The molecular weight excluding hydrogens is 292 g/mol. The highest BCUT2D eigenvalue weighted by Crippen LogP contribution is 2.09. The number of esters is 1. The smallest absolute Gasteiger partial charge is 0.338 e. The molecular formula is C14H14N2O4S. The van der Waals surface area contributed by atoms with Crippen LogP contribution in [0.1, 0.15) is 16.1 Å². The summed E-state index contributed by atoms with van der Waals surface area (Å²) < 4.78 is 29.5. The van der Waals surface area contributed by atoms with E-state index in [0.29, 0.717) is 16.9 Å². The van der Waals surface area contributed by atoms with Gasteiger partial charge in [0.05, 0.1) is 29.4 Å². The minimum absolute atomic E-state index is 0.0207. The zero-order valence-corrected chi connectivity index (χ0v) is 12.1. The number of hydrogen-bond donors (Lipinski definition) is 1. The Morgan fingerprint density at radius 3 is 2.48 bits per heavy atom. The first-order valence-electron chi connectivity index (χ1n) is 6.09. The Hall–Kier alpha value is -2.41. The molecule has 2 rings (SSSR count). The Balaban J connectivity index is 1.94. The molecule has 0 unspecified atom stereocenters. The number of aromatic nitrogens is 1. The normalized spacial score (nSPS) is 10.9. The lowest BCUT2D eigenvalue weighted by Gasteiger charge is -2.06. The van der Waals surface area contributed by atoms with Gasteiger partial charge >= 0.3 is 5.97 Å². The summed E-state index contributed by atoms with van der Waals surface area (Å²) in [5.74, 6) is -0.435. The molecule has 0 radical (unpaired) electrons. The lowest BCUT2D eigenvalue weighted by Crippen LogP contribution is -2.10. The SMILES string of the molecule is CS(=O)(=O)Nc1ccc(COC(=O)c2ccccc2)nc1. The average molecular weight is 306 g/mol. The molecule has 6 nitrogen and oxygen atoms in total. The third-order valence-electron chi connectivity index (χ3n) is 2.49. The molecule has 0 bridgehead atoms. The number of benzene rings is 1. The number of anilines is 1. The third kappa shape index (κ3) is 4.88. The molecule has 0 saturated heterocycles. The van der Waals surface area contributed by atoms with Gasteiger partial charge in [0.25, 0.3) is 0 Å². The fraction of sp³-hybridized carbons (Fsp3) is 0.143. The highest BCUT2D eigenvalue weighted by Gasteiger charge is 2.07. The lowest BCUT2D eigenvalue weighted by atomic mass is 10.2. The molecule has 0 spiro atoms. The van der Waals surface area contributed by atoms with Crippen LogP contribution in [0.5, 0.6) is 0 Å². The number of pyridine rings is 1. The fourth-order valence-corrected chi connectivity index (χ4v) is 2.13. The minimum atomic E-state index is -3.33. The van der Waals surface area contributed by atoms with E-state index >= 15 is 0 Å². The lowest BCUT2D eigenvalue weighted by molar-refractivity contribution is 0.0468. The highest BCUT2D eigenvalue weighted by atomic mass is 32.2. The quantitative estimate of drug-likeness (QED) is 0.851. The second-order valence-corrected chi connectivity index (χ2v) is 6.10. The summed E-state index contributed by atoms with van der Waals surface area (Å²) in [6.07, 6.45) is 2.43. The van der Waals surface area contributed by atoms with E-state index in [1.54, 1.807) is 36.4 Å². The van der Waals surface area contributed by atoms with E-state index in [4.69, 9.17) is 4.74 Å². The zero-order valence-electron chi connectivity index (χ0n) is 11.3. The van der Waals surface area contributed by atoms with Crippen molar-refractivity contribution in [1.29, 1.82) is 0 Å². The first-order chi connectivity index (χ1) is 9.94. The molecule has 0 amide bonds. The Kier molecular flexibility index (Phi) is 4.54. The van der Waals surface area contributed by atoms with Crippen LogP contribution in [-0.4, -0.2) is 25.6 Å². The van der Waals surface area contributed by atoms with Gasteiger partial charge in [0.2, 0.25) is 10.0 Å². The van der Waals surface area contributed by atoms with Gasteiger partial charge in [-0.05, 0) is 24.3 Å². The predicted octanol–water partition coefficient (Wildman–Crippen LogP) is 1.81. The molecule has 2 aromatic rings. The summed E-state index contributed by atoms with van der Waals surface area (Å²) in [5.41, 5.74) is 1.35. The number of carbonyl (C=O) groups excluding carboxylic acids is 1. The number of carbonyl (C=O) groups is 1. The Bertz CT molecular complexity index is 712. The molecule has 110 valence electrons. The number of ether oxygens (including phenoxy) is 1. The molecule has 0 aliphatic rings. The summed E-state index contributed by atoms with van der Waals surface area (Å²) in [6, 6.07) is 11.8. The molecule has 0 atom stereocenters. The van der Waals surface area contributed by atoms with Crippen LogP contribution >= 0.6 is 0 Å². The van der Waals surface area contributed by atoms with Gasteiger partial charge in [-0.15, -0.1) is 0 Å². The molecule has 0 aliphatic carbocycles. The van der Waals surface area contributed by atoms with Crippen molar-refractivity contribution in [2.24, 2.45) is 0 Å². The molecule has 21 heavy (non-hydrogen) atoms. The van der Waals surface area contributed by atoms with Crippen LogP contribution in [0.3, 0.4) is 0 Å². The number of rotatable bonds is 5. The van der Waals surface area contributed by atoms with Gasteiger partial charge < -0.3 is 4.74 Å². The van der Waals surface area contributed by atoms with Crippen molar-refractivity contribution < 1.29 is 17.9 Å². The summed E-state index contributed by atoms with van der Waals surface area (Å²) in [6.45, 7) is 0.0207. The maximum absolute atomic E-state index is 11.7. The van der Waals surface area contributed by atoms with Gasteiger partial charge in [-0.25, -0.2) is 13.2 Å². The molecule has 0 aliphatic heterocycles. The van der Waals surface area contributed by atoms with Crippen LogP contribution in [0.4, 0.5) is 5.69 Å². The fourth-order valence-electron chi connectivity index (χ4n) is 1.58. The zero-order chi connectivity index (χ0) is 15.3. The van der Waals surface area contributed by atoms with E-state index in [1.165, 1.54) is 6.20 Å². The van der Waals surface area contributed by atoms with E-state index in [2.05, 4.69) is 9.71 Å². The molecule has 1 aromatic heterocycles. The Morgan fingerprint density at radius 1 is 1.19 bits per heavy atom. The van der Waals surface area contributed by atoms with Gasteiger partial charge in [0.1, 0.15) is 6.61 Å². The standard InChI is InChI=1S/C14H14N2O4S/c1-21(18,19)16-12-7-8-13(15-9-12)10-20-14(17)11-5-3-2-4-6-11/h2-9,16H,10H2,1H3. The topological polar surface area (TPSA) is 85.4 Å². The summed E-state index contributed by atoms with van der Waals surface area (Å²) in [7, 11) is -3.33. The van der Waals surface area contributed by atoms with Crippen LogP contribution < -0.4 is 4.72 Å². The van der Waals surface area contributed by atoms with Crippen LogP contribution in [0, 0.1) is 0 Å². The van der Waals surface area contributed by atoms with Gasteiger partial charge in [-0.2, -0.15) is 0 Å². The van der Waals surface area contributed by atoms with Crippen LogP contribution in [0.2, 0.25) is 0 Å². The van der Waals surface area contributed by atoms with E-state index in [1.807, 2.05) is 6.07 Å². The van der Waals surface area contributed by atoms with Crippen molar-refractivity contribution in [1.82, 2.24) is 4.98 Å². The molecule has 1 aromatic carbocycles. The predicted molar refractivity (Wildman–Crippen MR) is 78.3 cm³/mol. The minimum Gasteiger partial charge on any atom is -0.456 e. The molecule has 0 fully saturated rings. The van der Waals surface area contributed by atoms with Crippen molar-refractivity contribution in [2.45, 2.75) is 6.61 Å². The van der Waals surface area contributed by atoms with Crippen molar-refractivity contribution in [3.63, 3.8) is 0 Å². The van der Waals surface area contributed by atoms with Gasteiger partial charge in [0.15, 0.2) is 0 Å². The number of nitrogens with one attached hydrogen (secondary N) is 1. The molecule has 0 saturated carbocycles. The second kappa shape index (κ2) is 6.36. The summed E-state index contributed by atoms with van der Waals surface area (Å²) in [5, 5.41) is 0. The van der Waals surface area contributed by atoms with Crippen molar-refractivity contribution in [2.75, 3.05) is 11.0 Å². The van der Waals surface area contributed by atoms with Crippen molar-refractivity contribution in [3.8, 4) is 0 Å². The first kappa shape index (κ1) is 15.0. The monoisotopic (exact) mass is 306 g/mol. The largest absolute Gasteiger partial charge is 0.456 e.